The Hall–Kier alpha value is -1.31. The Balaban J connectivity index is 2.85. The fourth-order valence-electron chi connectivity index (χ4n) is 1.18. The van der Waals surface area contributed by atoms with Gasteiger partial charge < -0.3 is 5.73 Å². The first-order valence-corrected chi connectivity index (χ1v) is 4.73. The topological polar surface area (TPSA) is 51.8 Å². The first-order chi connectivity index (χ1) is 7.83. The van der Waals surface area contributed by atoms with E-state index >= 15 is 0 Å². The van der Waals surface area contributed by atoms with Gasteiger partial charge in [0.05, 0.1) is 6.42 Å². The number of nitrogens with two attached hydrogens (primary N) is 1. The molecule has 0 atom stereocenters. The van der Waals surface area contributed by atoms with Gasteiger partial charge in [-0.3, -0.25) is 0 Å². The largest absolute Gasteiger partial charge is 0.389 e. The second kappa shape index (κ2) is 5.35. The maximum Gasteiger partial charge on any atom is 0.389 e. The van der Waals surface area contributed by atoms with Crippen LogP contribution in [-0.2, 0) is 13.0 Å². The molecule has 1 aromatic heterocycles. The minimum absolute atomic E-state index is 0.0377. The van der Waals surface area contributed by atoms with E-state index in [-0.39, 0.29) is 17.9 Å². The Morgan fingerprint density at radius 2 is 1.94 bits per heavy atom. The van der Waals surface area contributed by atoms with Crippen molar-refractivity contribution in [3.8, 4) is 0 Å². The number of rotatable bonds is 4. The normalized spacial score (nSPS) is 12.2. The second-order valence-electron chi connectivity index (χ2n) is 3.32. The molecule has 0 saturated carbocycles. The van der Waals surface area contributed by atoms with E-state index in [0.29, 0.717) is 0 Å². The average Bonchev–Trinajstić information content (AvgIpc) is 2.25. The van der Waals surface area contributed by atoms with Gasteiger partial charge in [-0.15, -0.1) is 0 Å². The molecule has 17 heavy (non-hydrogen) atoms. The predicted octanol–water partition coefficient (Wildman–Crippen LogP) is 2.37. The number of hydrogen-bond donors (Lipinski definition) is 1. The number of hydrogen-bond acceptors (Lipinski definition) is 3. The third-order valence-corrected chi connectivity index (χ3v) is 2.01. The van der Waals surface area contributed by atoms with Gasteiger partial charge in [0.15, 0.2) is 0 Å². The van der Waals surface area contributed by atoms with Crippen LogP contribution in [0, 0.1) is 0 Å². The maximum atomic E-state index is 12.5. The highest BCUT2D eigenvalue weighted by Gasteiger charge is 2.27. The molecule has 3 nitrogen and oxygen atoms in total. The van der Waals surface area contributed by atoms with Crippen molar-refractivity contribution in [2.75, 3.05) is 0 Å². The van der Waals surface area contributed by atoms with Gasteiger partial charge >= 0.3 is 6.18 Å². The molecule has 2 N–H and O–H groups in total. The standard InChI is InChI=1S/C9H10F5N3/c10-8(11)7-5(3-15)4-16-6(17-7)1-2-9(12,13)14/h4,8H,1-3,15H2. The minimum Gasteiger partial charge on any atom is -0.326 e. The van der Waals surface area contributed by atoms with Crippen LogP contribution in [0.3, 0.4) is 0 Å². The molecule has 0 aliphatic carbocycles. The van der Waals surface area contributed by atoms with Crippen LogP contribution < -0.4 is 5.73 Å². The summed E-state index contributed by atoms with van der Waals surface area (Å²) in [4.78, 5) is 6.98. The van der Waals surface area contributed by atoms with Crippen molar-refractivity contribution in [3.05, 3.63) is 23.3 Å². The summed E-state index contributed by atoms with van der Waals surface area (Å²) in [7, 11) is 0. The summed E-state index contributed by atoms with van der Waals surface area (Å²) in [5.41, 5.74) is 4.63. The average molecular weight is 255 g/mol. The van der Waals surface area contributed by atoms with Gasteiger partial charge in [0.25, 0.3) is 6.43 Å². The lowest BCUT2D eigenvalue weighted by Crippen LogP contribution is -2.12. The van der Waals surface area contributed by atoms with Crippen LogP contribution in [0.4, 0.5) is 22.0 Å². The van der Waals surface area contributed by atoms with Crippen molar-refractivity contribution in [3.63, 3.8) is 0 Å². The van der Waals surface area contributed by atoms with E-state index in [0.717, 1.165) is 6.20 Å². The van der Waals surface area contributed by atoms with E-state index in [2.05, 4.69) is 9.97 Å². The van der Waals surface area contributed by atoms with Gasteiger partial charge in [0, 0.05) is 24.7 Å². The molecule has 0 aliphatic rings. The highest BCUT2D eigenvalue weighted by atomic mass is 19.4. The van der Waals surface area contributed by atoms with Crippen LogP contribution in [0.25, 0.3) is 0 Å². The molecule has 0 aromatic carbocycles. The zero-order valence-electron chi connectivity index (χ0n) is 8.64. The SMILES string of the molecule is NCc1cnc(CCC(F)(F)F)nc1C(F)F. The third kappa shape index (κ3) is 4.22. The van der Waals surface area contributed by atoms with Crippen LogP contribution in [-0.4, -0.2) is 16.1 Å². The summed E-state index contributed by atoms with van der Waals surface area (Å²) in [6.07, 6.45) is -7.85. The zero-order chi connectivity index (χ0) is 13.1. The monoisotopic (exact) mass is 255 g/mol. The highest BCUT2D eigenvalue weighted by Crippen LogP contribution is 2.23. The third-order valence-electron chi connectivity index (χ3n) is 2.01. The van der Waals surface area contributed by atoms with E-state index in [9.17, 15) is 22.0 Å². The molecule has 0 aliphatic heterocycles. The smallest absolute Gasteiger partial charge is 0.326 e. The van der Waals surface area contributed by atoms with Gasteiger partial charge in [0.1, 0.15) is 11.5 Å². The van der Waals surface area contributed by atoms with E-state index in [1.807, 2.05) is 0 Å². The minimum atomic E-state index is -4.36. The molecular weight excluding hydrogens is 245 g/mol. The van der Waals surface area contributed by atoms with E-state index in [1.165, 1.54) is 0 Å². The van der Waals surface area contributed by atoms with Crippen molar-refractivity contribution in [2.45, 2.75) is 32.0 Å². The Bertz CT molecular complexity index is 377. The first-order valence-electron chi connectivity index (χ1n) is 4.73. The summed E-state index contributed by atoms with van der Waals surface area (Å²) in [6, 6.07) is 0. The van der Waals surface area contributed by atoms with Crippen molar-refractivity contribution < 1.29 is 22.0 Å². The Morgan fingerprint density at radius 3 is 2.41 bits per heavy atom. The van der Waals surface area contributed by atoms with Crippen LogP contribution in [0.2, 0.25) is 0 Å². The lowest BCUT2D eigenvalue weighted by atomic mass is 10.2. The molecule has 0 amide bonds. The number of aromatic nitrogens is 2. The Morgan fingerprint density at radius 1 is 1.29 bits per heavy atom. The van der Waals surface area contributed by atoms with Crippen LogP contribution in [0.5, 0.6) is 0 Å². The Labute approximate surface area is 93.9 Å². The fourth-order valence-corrected chi connectivity index (χ4v) is 1.18. The van der Waals surface area contributed by atoms with Gasteiger partial charge in [-0.05, 0) is 0 Å². The van der Waals surface area contributed by atoms with Crippen molar-refractivity contribution in [1.29, 1.82) is 0 Å². The van der Waals surface area contributed by atoms with Crippen molar-refractivity contribution in [1.82, 2.24) is 9.97 Å². The molecule has 1 aromatic rings. The molecule has 0 bridgehead atoms. The molecular formula is C9H10F5N3. The first kappa shape index (κ1) is 13.8. The van der Waals surface area contributed by atoms with E-state index < -0.39 is 31.1 Å². The predicted molar refractivity (Wildman–Crippen MR) is 49.3 cm³/mol. The number of halogens is 5. The van der Waals surface area contributed by atoms with E-state index in [4.69, 9.17) is 5.73 Å². The zero-order valence-corrected chi connectivity index (χ0v) is 8.64. The van der Waals surface area contributed by atoms with Crippen molar-refractivity contribution >= 4 is 0 Å². The molecule has 0 unspecified atom stereocenters. The molecule has 96 valence electrons. The lowest BCUT2D eigenvalue weighted by molar-refractivity contribution is -0.134. The summed E-state index contributed by atoms with van der Waals surface area (Å²) in [5.74, 6) is -0.255. The summed E-state index contributed by atoms with van der Waals surface area (Å²) in [6.45, 7) is -0.181. The van der Waals surface area contributed by atoms with E-state index in [1.54, 1.807) is 0 Å². The van der Waals surface area contributed by atoms with Crippen LogP contribution in [0.15, 0.2) is 6.20 Å². The number of alkyl halides is 5. The Kier molecular flexibility index (Phi) is 4.33. The van der Waals surface area contributed by atoms with Gasteiger partial charge in [0.2, 0.25) is 0 Å². The molecule has 1 heterocycles. The van der Waals surface area contributed by atoms with Crippen LogP contribution >= 0.6 is 0 Å². The van der Waals surface area contributed by atoms with Crippen LogP contribution in [0.1, 0.15) is 29.9 Å². The summed E-state index contributed by atoms with van der Waals surface area (Å²) < 4.78 is 60.8. The molecule has 0 radical (unpaired) electrons. The van der Waals surface area contributed by atoms with Gasteiger partial charge in [-0.2, -0.15) is 13.2 Å². The molecule has 1 rings (SSSR count). The maximum absolute atomic E-state index is 12.5. The molecule has 0 saturated heterocycles. The number of nitrogens with zero attached hydrogens (tertiary/aromatic N) is 2. The quantitative estimate of drug-likeness (QED) is 0.840. The van der Waals surface area contributed by atoms with Crippen molar-refractivity contribution in [2.24, 2.45) is 5.73 Å². The highest BCUT2D eigenvalue weighted by molar-refractivity contribution is 5.18. The van der Waals surface area contributed by atoms with Gasteiger partial charge in [-0.25, -0.2) is 18.7 Å². The lowest BCUT2D eigenvalue weighted by Gasteiger charge is -2.09. The summed E-state index contributed by atoms with van der Waals surface area (Å²) in [5, 5.41) is 0. The number of aryl methyl sites for hydroxylation is 1. The fraction of sp³-hybridized carbons (Fsp3) is 0.556. The summed E-state index contributed by atoms with van der Waals surface area (Å²) >= 11 is 0. The molecule has 0 spiro atoms. The second-order valence-corrected chi connectivity index (χ2v) is 3.32. The van der Waals surface area contributed by atoms with Gasteiger partial charge in [-0.1, -0.05) is 0 Å². The molecule has 8 heteroatoms. The molecule has 0 fully saturated rings.